The molecule has 0 unspecified atom stereocenters. The number of carbonyl (C=O) groups excluding carboxylic acids is 4. The van der Waals surface area contributed by atoms with Crippen LogP contribution in [-0.2, 0) is 33.4 Å². The van der Waals surface area contributed by atoms with Gasteiger partial charge >= 0.3 is 11.9 Å². The molecule has 4 aliphatic carbocycles. The maximum atomic E-state index is 14.4. The molecule has 7 N–H and O–H groups in total. The molecular weight excluding hydrogens is 680 g/mol. The number of carbonyl (C=O) groups is 4. The van der Waals surface area contributed by atoms with Crippen molar-refractivity contribution in [2.45, 2.75) is 129 Å². The molecule has 3 saturated carbocycles. The smallest absolute Gasteiger partial charge is 0.318 e. The van der Waals surface area contributed by atoms with Crippen molar-refractivity contribution in [3.8, 4) is 0 Å². The highest BCUT2D eigenvalue weighted by Crippen LogP contribution is 2.73. The van der Waals surface area contributed by atoms with Gasteiger partial charge in [0, 0.05) is 36.0 Å². The average molecular weight is 737 g/mol. The van der Waals surface area contributed by atoms with Gasteiger partial charge in [0.25, 0.3) is 0 Å². The second-order valence-corrected chi connectivity index (χ2v) is 16.8. The first-order valence-electron chi connectivity index (χ1n) is 18.3. The predicted octanol–water partition coefficient (Wildman–Crippen LogP) is 0.501. The van der Waals surface area contributed by atoms with Crippen LogP contribution in [0.15, 0.2) is 23.3 Å². The molecule has 14 nitrogen and oxygen atoms in total. The predicted molar refractivity (Wildman–Crippen MR) is 182 cm³/mol. The number of ketones is 1. The monoisotopic (exact) mass is 736 g/mol. The minimum Gasteiger partial charge on any atom is -0.461 e. The van der Waals surface area contributed by atoms with E-state index in [1.807, 2.05) is 13.0 Å². The molecule has 16 atom stereocenters. The summed E-state index contributed by atoms with van der Waals surface area (Å²) in [7, 11) is 0. The first-order valence-corrected chi connectivity index (χ1v) is 18.3. The molecule has 0 aromatic carbocycles. The van der Waals surface area contributed by atoms with Gasteiger partial charge in [0.2, 0.25) is 6.29 Å². The molecule has 0 aromatic heterocycles. The number of aldehydes is 1. The summed E-state index contributed by atoms with van der Waals surface area (Å²) in [5.74, 6) is -4.60. The molecular formula is C38H56O14. The summed E-state index contributed by atoms with van der Waals surface area (Å²) in [5, 5.41) is 76.2. The van der Waals surface area contributed by atoms with Gasteiger partial charge in [-0.05, 0) is 76.2 Å². The van der Waals surface area contributed by atoms with Gasteiger partial charge in [-0.25, -0.2) is 0 Å². The summed E-state index contributed by atoms with van der Waals surface area (Å²) in [6, 6.07) is 0. The van der Waals surface area contributed by atoms with E-state index in [4.69, 9.17) is 14.2 Å². The van der Waals surface area contributed by atoms with Gasteiger partial charge in [0.05, 0.1) is 25.4 Å². The zero-order chi connectivity index (χ0) is 38.7. The van der Waals surface area contributed by atoms with Crippen LogP contribution < -0.4 is 0 Å². The molecule has 0 bridgehead atoms. The number of aliphatic hydroxyl groups is 7. The molecule has 0 aromatic rings. The lowest BCUT2D eigenvalue weighted by molar-refractivity contribution is -0.299. The summed E-state index contributed by atoms with van der Waals surface area (Å²) >= 11 is 0. The molecule has 5 rings (SSSR count). The Bertz CT molecular complexity index is 1470. The fourth-order valence-corrected chi connectivity index (χ4v) is 11.3. The van der Waals surface area contributed by atoms with Gasteiger partial charge in [-0.15, -0.1) is 0 Å². The molecule has 0 radical (unpaired) electrons. The lowest BCUT2D eigenvalue weighted by Gasteiger charge is -2.65. The van der Waals surface area contributed by atoms with E-state index in [1.54, 1.807) is 27.7 Å². The minimum atomic E-state index is -1.85. The Labute approximate surface area is 303 Å². The van der Waals surface area contributed by atoms with Crippen LogP contribution in [0.1, 0.15) is 80.1 Å². The number of ether oxygens (including phenoxy) is 3. The number of esters is 2. The molecule has 0 spiro atoms. The molecule has 1 saturated heterocycles. The fraction of sp³-hybridized carbons (Fsp3) is 0.789. The first kappa shape index (κ1) is 40.6. The summed E-state index contributed by atoms with van der Waals surface area (Å²) in [6.45, 7) is 8.95. The third-order valence-electron chi connectivity index (χ3n) is 13.9. The first-order chi connectivity index (χ1) is 24.3. The van der Waals surface area contributed by atoms with Gasteiger partial charge in [-0.2, -0.15) is 0 Å². The maximum Gasteiger partial charge on any atom is 0.318 e. The second-order valence-electron chi connectivity index (χ2n) is 16.8. The van der Waals surface area contributed by atoms with Crippen molar-refractivity contribution >= 4 is 24.0 Å². The zero-order valence-electron chi connectivity index (χ0n) is 30.8. The molecule has 292 valence electrons. The van der Waals surface area contributed by atoms with Crippen LogP contribution in [-0.4, -0.2) is 122 Å². The second kappa shape index (κ2) is 14.6. The van der Waals surface area contributed by atoms with E-state index in [0.29, 0.717) is 12.7 Å². The van der Waals surface area contributed by atoms with Crippen LogP contribution in [0.5, 0.6) is 0 Å². The van der Waals surface area contributed by atoms with E-state index in [-0.39, 0.29) is 37.9 Å². The van der Waals surface area contributed by atoms with Gasteiger partial charge in [-0.3, -0.25) is 14.4 Å². The molecule has 0 amide bonds. The average Bonchev–Trinajstić information content (AvgIpc) is 3.32. The van der Waals surface area contributed by atoms with Crippen LogP contribution in [0, 0.1) is 45.3 Å². The Kier molecular flexibility index (Phi) is 11.4. The summed E-state index contributed by atoms with van der Waals surface area (Å²) in [4.78, 5) is 52.2. The van der Waals surface area contributed by atoms with Crippen LogP contribution in [0.2, 0.25) is 0 Å². The van der Waals surface area contributed by atoms with Crippen LogP contribution in [0.3, 0.4) is 0 Å². The highest BCUT2D eigenvalue weighted by Gasteiger charge is 2.73. The van der Waals surface area contributed by atoms with Crippen LogP contribution in [0.4, 0.5) is 0 Å². The maximum absolute atomic E-state index is 14.4. The number of hydrogen-bond acceptors (Lipinski definition) is 14. The lowest BCUT2D eigenvalue weighted by atomic mass is 9.40. The van der Waals surface area contributed by atoms with E-state index in [2.05, 4.69) is 0 Å². The van der Waals surface area contributed by atoms with Crippen molar-refractivity contribution in [2.75, 3.05) is 13.2 Å². The van der Waals surface area contributed by atoms with Gasteiger partial charge in [0.15, 0.2) is 5.78 Å². The van der Waals surface area contributed by atoms with E-state index in [0.717, 1.165) is 11.1 Å². The highest BCUT2D eigenvalue weighted by atomic mass is 16.7. The number of hydrogen-bond donors (Lipinski definition) is 7. The number of fused-ring (bicyclic) bond motifs is 5. The van der Waals surface area contributed by atoms with Crippen LogP contribution >= 0.6 is 0 Å². The van der Waals surface area contributed by atoms with Crippen molar-refractivity contribution in [2.24, 2.45) is 45.3 Å². The SMILES string of the molecule is CC(=O)O[C@@H]1CC[C@@]2(C)[C@@H](CC=C3[C@@H]2C[C@H](O)[C@@]2(C)[C@H]([C@H](C=O)CC(=O)C=C(C)C)[C@@H](O)C[C@]32CO)[C@]1(C)C(=O)O[C@H]1O[C@@H](CO)[C@H](O)[C@@H](O)[C@@H]1O. The molecule has 5 aliphatic rings. The Balaban J connectivity index is 1.55. The van der Waals surface area contributed by atoms with E-state index in [9.17, 15) is 54.9 Å². The topological polar surface area (TPSA) is 238 Å². The zero-order valence-corrected chi connectivity index (χ0v) is 30.8. The summed E-state index contributed by atoms with van der Waals surface area (Å²) in [6.07, 6.45) is -6.70. The van der Waals surface area contributed by atoms with E-state index < -0.39 is 120 Å². The van der Waals surface area contributed by atoms with Crippen LogP contribution in [0.25, 0.3) is 0 Å². The van der Waals surface area contributed by atoms with Gasteiger partial charge in [0.1, 0.15) is 42.2 Å². The number of allylic oxidation sites excluding steroid dienone is 3. The van der Waals surface area contributed by atoms with Gasteiger partial charge in [-0.1, -0.05) is 31.1 Å². The molecule has 1 heterocycles. The Morgan fingerprint density at radius 1 is 1.00 bits per heavy atom. The minimum absolute atomic E-state index is 0.0402. The third kappa shape index (κ3) is 6.11. The Morgan fingerprint density at radius 2 is 1.67 bits per heavy atom. The number of aliphatic hydroxyl groups excluding tert-OH is 7. The summed E-state index contributed by atoms with van der Waals surface area (Å²) < 4.78 is 16.9. The quantitative estimate of drug-likeness (QED) is 0.0700. The standard InChI is InChI=1S/C38H56O14/c1-18(2)11-21(43)12-20(15-39)29-24(44)14-38(17-41)22-7-8-26-35(4,23(22)13-27(45)37(29,38)6)10-9-28(50-19(3)42)36(26,5)34(49)52-33-32(48)31(47)30(46)25(16-40)51-33/h7,11,15,20,23-33,40-41,44-48H,8-10,12-14,16-17H2,1-6H3/t20-,23-,24-,25-,26+,27-,28+,29+,30-,31+,32-,33+,35+,36-,37-,38-/m0/s1. The third-order valence-corrected chi connectivity index (χ3v) is 13.9. The largest absolute Gasteiger partial charge is 0.461 e. The van der Waals surface area contributed by atoms with E-state index in [1.165, 1.54) is 13.0 Å². The van der Waals surface area contributed by atoms with Crippen molar-refractivity contribution < 1.29 is 69.1 Å². The molecule has 14 heteroatoms. The molecule has 1 aliphatic heterocycles. The van der Waals surface area contributed by atoms with Crippen molar-refractivity contribution in [1.29, 1.82) is 0 Å². The Morgan fingerprint density at radius 3 is 2.25 bits per heavy atom. The van der Waals surface area contributed by atoms with Crippen molar-refractivity contribution in [3.05, 3.63) is 23.3 Å². The van der Waals surface area contributed by atoms with Crippen molar-refractivity contribution in [1.82, 2.24) is 0 Å². The number of rotatable bonds is 10. The van der Waals surface area contributed by atoms with E-state index >= 15 is 0 Å². The lowest BCUT2D eigenvalue weighted by Crippen LogP contribution is -2.66. The highest BCUT2D eigenvalue weighted by molar-refractivity contribution is 5.91. The summed E-state index contributed by atoms with van der Waals surface area (Å²) in [5.41, 5.74) is -3.15. The normalized spacial score (nSPS) is 46.0. The molecule has 4 fully saturated rings. The van der Waals surface area contributed by atoms with Gasteiger partial charge < -0.3 is 54.8 Å². The van der Waals surface area contributed by atoms with Crippen molar-refractivity contribution in [3.63, 3.8) is 0 Å². The Hall–Kier alpha value is -2.56. The molecule has 52 heavy (non-hydrogen) atoms. The fourth-order valence-electron chi connectivity index (χ4n) is 11.3.